The number of ether oxygens (including phenoxy) is 1. The van der Waals surface area contributed by atoms with Gasteiger partial charge in [0.1, 0.15) is 11.6 Å². The SMILES string of the molecule is CCc1nn(-c2ccccc2)c2c1CN(C(=O)NCCC(C)C)[C@@H](c1cccc(OC)c1)c1cccn1-2. The molecule has 4 aromatic rings. The van der Waals surface area contributed by atoms with E-state index >= 15 is 0 Å². The van der Waals surface area contributed by atoms with E-state index in [1.165, 1.54) is 0 Å². The predicted molar refractivity (Wildman–Crippen MR) is 146 cm³/mol. The molecule has 37 heavy (non-hydrogen) atoms. The average molecular weight is 498 g/mol. The third-order valence-corrected chi connectivity index (χ3v) is 6.97. The molecule has 2 aromatic heterocycles. The van der Waals surface area contributed by atoms with Gasteiger partial charge in [-0.3, -0.25) is 0 Å². The highest BCUT2D eigenvalue weighted by atomic mass is 16.5. The van der Waals surface area contributed by atoms with Crippen molar-refractivity contribution in [3.05, 3.63) is 95.4 Å². The number of methoxy groups -OCH3 is 1. The molecule has 5 rings (SSSR count). The van der Waals surface area contributed by atoms with E-state index < -0.39 is 0 Å². The van der Waals surface area contributed by atoms with Crippen molar-refractivity contribution in [2.75, 3.05) is 13.7 Å². The molecular weight excluding hydrogens is 462 g/mol. The number of nitrogens with one attached hydrogen (secondary N) is 1. The molecule has 2 aromatic carbocycles. The molecule has 1 aliphatic rings. The van der Waals surface area contributed by atoms with E-state index in [1.54, 1.807) is 7.11 Å². The van der Waals surface area contributed by atoms with Crippen molar-refractivity contribution >= 4 is 6.03 Å². The van der Waals surface area contributed by atoms with Crippen molar-refractivity contribution in [1.82, 2.24) is 24.6 Å². The van der Waals surface area contributed by atoms with Gasteiger partial charge in [0.05, 0.1) is 36.8 Å². The number of amides is 2. The Balaban J connectivity index is 1.69. The van der Waals surface area contributed by atoms with Crippen molar-refractivity contribution in [2.24, 2.45) is 5.92 Å². The normalized spacial score (nSPS) is 14.7. The van der Waals surface area contributed by atoms with Crippen LogP contribution in [0.15, 0.2) is 72.9 Å². The number of rotatable bonds is 7. The van der Waals surface area contributed by atoms with Gasteiger partial charge in [0.25, 0.3) is 0 Å². The Kier molecular flexibility index (Phi) is 7.04. The summed E-state index contributed by atoms with van der Waals surface area (Å²) in [4.78, 5) is 15.8. The standard InChI is InChI=1S/C30H35N5O2/c1-5-26-25-20-34(30(36)31-17-16-21(2)3)28(22-11-9-14-24(19-22)37-4)27-15-10-18-33(27)29(25)35(32-26)23-12-7-6-8-13-23/h6-15,18-19,21,28H,5,16-17,20H2,1-4H3,(H,31,36)/t28-/m0/s1. The molecule has 0 radical (unpaired) electrons. The van der Waals surface area contributed by atoms with Crippen molar-refractivity contribution in [3.8, 4) is 17.3 Å². The van der Waals surface area contributed by atoms with Gasteiger partial charge < -0.3 is 19.5 Å². The highest BCUT2D eigenvalue weighted by Gasteiger charge is 2.36. The molecule has 0 unspecified atom stereocenters. The summed E-state index contributed by atoms with van der Waals surface area (Å²) in [5.41, 5.74) is 5.05. The summed E-state index contributed by atoms with van der Waals surface area (Å²) in [6.07, 6.45) is 3.77. The van der Waals surface area contributed by atoms with Crippen molar-refractivity contribution in [2.45, 2.75) is 46.2 Å². The molecular formula is C30H35N5O2. The van der Waals surface area contributed by atoms with Crippen LogP contribution in [0.5, 0.6) is 5.75 Å². The Hall–Kier alpha value is -4.00. The zero-order valence-electron chi connectivity index (χ0n) is 22.0. The number of hydrogen-bond donors (Lipinski definition) is 1. The summed E-state index contributed by atoms with van der Waals surface area (Å²) in [6, 6.07) is 22.0. The van der Waals surface area contributed by atoms with E-state index in [0.717, 1.165) is 52.6 Å². The van der Waals surface area contributed by atoms with E-state index in [4.69, 9.17) is 9.84 Å². The second-order valence-electron chi connectivity index (χ2n) is 9.87. The van der Waals surface area contributed by atoms with Crippen molar-refractivity contribution in [1.29, 1.82) is 0 Å². The van der Waals surface area contributed by atoms with E-state index in [0.29, 0.717) is 19.0 Å². The summed E-state index contributed by atoms with van der Waals surface area (Å²) < 4.78 is 9.76. The monoisotopic (exact) mass is 497 g/mol. The topological polar surface area (TPSA) is 64.3 Å². The number of carbonyl (C=O) groups is 1. The lowest BCUT2D eigenvalue weighted by Crippen LogP contribution is -2.42. The minimum atomic E-state index is -0.300. The van der Waals surface area contributed by atoms with Crippen LogP contribution in [0.3, 0.4) is 0 Å². The smallest absolute Gasteiger partial charge is 0.318 e. The fourth-order valence-electron chi connectivity index (χ4n) is 5.08. The van der Waals surface area contributed by atoms with Gasteiger partial charge in [-0.2, -0.15) is 5.10 Å². The Bertz CT molecular complexity index is 1370. The van der Waals surface area contributed by atoms with Crippen LogP contribution in [0.4, 0.5) is 4.79 Å². The third kappa shape index (κ3) is 4.73. The predicted octanol–water partition coefficient (Wildman–Crippen LogP) is 5.89. The van der Waals surface area contributed by atoms with Gasteiger partial charge in [-0.25, -0.2) is 9.48 Å². The van der Waals surface area contributed by atoms with Gasteiger partial charge in [-0.15, -0.1) is 0 Å². The molecule has 0 fully saturated rings. The second kappa shape index (κ2) is 10.5. The summed E-state index contributed by atoms with van der Waals surface area (Å²) in [5.74, 6) is 2.26. The van der Waals surface area contributed by atoms with E-state index in [9.17, 15) is 4.79 Å². The lowest BCUT2D eigenvalue weighted by molar-refractivity contribution is 0.180. The highest BCUT2D eigenvalue weighted by molar-refractivity contribution is 5.76. The van der Waals surface area contributed by atoms with Crippen LogP contribution in [0.1, 0.15) is 55.7 Å². The summed E-state index contributed by atoms with van der Waals surface area (Å²) in [6.45, 7) is 7.54. The van der Waals surface area contributed by atoms with Crippen LogP contribution in [0.25, 0.3) is 11.5 Å². The van der Waals surface area contributed by atoms with Crippen LogP contribution in [-0.4, -0.2) is 38.9 Å². The molecule has 7 heteroatoms. The largest absolute Gasteiger partial charge is 0.497 e. The first-order valence-electron chi connectivity index (χ1n) is 13.0. The van der Waals surface area contributed by atoms with Crippen LogP contribution in [0.2, 0.25) is 0 Å². The fourth-order valence-corrected chi connectivity index (χ4v) is 5.08. The number of aromatic nitrogens is 3. The van der Waals surface area contributed by atoms with Gasteiger partial charge in [0.2, 0.25) is 0 Å². The molecule has 1 aliphatic heterocycles. The average Bonchev–Trinajstić information content (AvgIpc) is 3.50. The van der Waals surface area contributed by atoms with Crippen molar-refractivity contribution in [3.63, 3.8) is 0 Å². The molecule has 1 atom stereocenters. The molecule has 3 heterocycles. The maximum Gasteiger partial charge on any atom is 0.318 e. The summed E-state index contributed by atoms with van der Waals surface area (Å²) in [7, 11) is 1.67. The number of nitrogens with zero attached hydrogens (tertiary/aromatic N) is 4. The first-order valence-corrected chi connectivity index (χ1v) is 13.0. The second-order valence-corrected chi connectivity index (χ2v) is 9.87. The number of benzene rings is 2. The lowest BCUT2D eigenvalue weighted by atomic mass is 10.0. The van der Waals surface area contributed by atoms with Crippen LogP contribution >= 0.6 is 0 Å². The Morgan fingerprint density at radius 2 is 1.92 bits per heavy atom. The first kappa shape index (κ1) is 24.7. The molecule has 192 valence electrons. The van der Waals surface area contributed by atoms with Gasteiger partial charge in [0, 0.05) is 18.3 Å². The van der Waals surface area contributed by atoms with Crippen molar-refractivity contribution < 1.29 is 9.53 Å². The zero-order chi connectivity index (χ0) is 25.9. The van der Waals surface area contributed by atoms with Crippen LogP contribution in [0, 0.1) is 5.92 Å². The summed E-state index contributed by atoms with van der Waals surface area (Å²) >= 11 is 0. The number of carbonyl (C=O) groups excluding carboxylic acids is 1. The molecule has 0 spiro atoms. The minimum absolute atomic E-state index is 0.0800. The zero-order valence-corrected chi connectivity index (χ0v) is 22.0. The maximum atomic E-state index is 13.8. The Labute approximate surface area is 218 Å². The Morgan fingerprint density at radius 3 is 2.65 bits per heavy atom. The van der Waals surface area contributed by atoms with Gasteiger partial charge in [0.15, 0.2) is 0 Å². The number of urea groups is 1. The van der Waals surface area contributed by atoms with Gasteiger partial charge in [-0.05, 0) is 60.7 Å². The van der Waals surface area contributed by atoms with E-state index in [2.05, 4.69) is 61.1 Å². The third-order valence-electron chi connectivity index (χ3n) is 6.97. The fraction of sp³-hybridized carbons (Fsp3) is 0.333. The molecule has 0 saturated heterocycles. The first-order chi connectivity index (χ1) is 18.0. The number of hydrogen-bond acceptors (Lipinski definition) is 3. The van der Waals surface area contributed by atoms with Crippen LogP contribution in [-0.2, 0) is 13.0 Å². The minimum Gasteiger partial charge on any atom is -0.497 e. The lowest BCUT2D eigenvalue weighted by Gasteiger charge is -2.31. The Morgan fingerprint density at radius 1 is 1.11 bits per heavy atom. The molecule has 7 nitrogen and oxygen atoms in total. The molecule has 1 N–H and O–H groups in total. The van der Waals surface area contributed by atoms with Gasteiger partial charge in [-0.1, -0.05) is 51.1 Å². The van der Waals surface area contributed by atoms with E-state index in [1.807, 2.05) is 52.0 Å². The molecule has 2 amide bonds. The highest BCUT2D eigenvalue weighted by Crippen LogP contribution is 2.39. The molecule has 0 saturated carbocycles. The van der Waals surface area contributed by atoms with Crippen LogP contribution < -0.4 is 10.1 Å². The number of fused-ring (bicyclic) bond motifs is 3. The molecule has 0 bridgehead atoms. The quantitative estimate of drug-likeness (QED) is 0.346. The number of aryl methyl sites for hydroxylation is 1. The van der Waals surface area contributed by atoms with Gasteiger partial charge >= 0.3 is 6.03 Å². The maximum absolute atomic E-state index is 13.8. The molecule has 0 aliphatic carbocycles. The number of para-hydroxylation sites is 1. The summed E-state index contributed by atoms with van der Waals surface area (Å²) in [5, 5.41) is 8.21. The van der Waals surface area contributed by atoms with E-state index in [-0.39, 0.29) is 12.1 Å².